The Balaban J connectivity index is 2.01. The van der Waals surface area contributed by atoms with E-state index >= 15 is 0 Å². The van der Waals surface area contributed by atoms with Crippen molar-refractivity contribution >= 4 is 21.7 Å². The van der Waals surface area contributed by atoms with Crippen LogP contribution in [0, 0.1) is 11.6 Å². The molecule has 0 amide bonds. The third kappa shape index (κ3) is 3.34. The first-order chi connectivity index (χ1) is 9.52. The summed E-state index contributed by atoms with van der Waals surface area (Å²) in [6.45, 7) is 0.602. The molecule has 20 heavy (non-hydrogen) atoms. The van der Waals surface area contributed by atoms with Crippen molar-refractivity contribution in [1.29, 1.82) is 0 Å². The monoisotopic (exact) mass is 350 g/mol. The zero-order valence-electron chi connectivity index (χ0n) is 10.7. The average molecular weight is 351 g/mol. The number of ketones is 1. The van der Waals surface area contributed by atoms with E-state index in [1.165, 1.54) is 7.11 Å². The number of benzene rings is 1. The summed E-state index contributed by atoms with van der Waals surface area (Å²) < 4.78 is 42.3. The standard InChI is InChI=1S/C13H13BrF2O4/c1-18-2-3-19-13-10(17)6-11(13)20-12-8(14)4-7(15)5-9(12)16/h4-5,11,13H,2-3,6H2,1H3. The molecule has 0 aromatic heterocycles. The smallest absolute Gasteiger partial charge is 0.169 e. The summed E-state index contributed by atoms with van der Waals surface area (Å²) in [4.78, 5) is 11.4. The van der Waals surface area contributed by atoms with E-state index in [9.17, 15) is 13.6 Å². The number of halogens is 3. The van der Waals surface area contributed by atoms with Crippen LogP contribution in [0.3, 0.4) is 0 Å². The minimum absolute atomic E-state index is 0.107. The molecule has 1 aliphatic rings. The van der Waals surface area contributed by atoms with Crippen LogP contribution in [0.15, 0.2) is 16.6 Å². The first-order valence-electron chi connectivity index (χ1n) is 5.97. The van der Waals surface area contributed by atoms with Gasteiger partial charge in [0.05, 0.1) is 17.7 Å². The summed E-state index contributed by atoms with van der Waals surface area (Å²) in [7, 11) is 1.52. The second kappa shape index (κ2) is 6.60. The van der Waals surface area contributed by atoms with Crippen LogP contribution in [-0.2, 0) is 14.3 Å². The largest absolute Gasteiger partial charge is 0.482 e. The van der Waals surface area contributed by atoms with E-state index in [1.54, 1.807) is 0 Å². The van der Waals surface area contributed by atoms with Gasteiger partial charge in [-0.1, -0.05) is 0 Å². The van der Waals surface area contributed by atoms with E-state index in [2.05, 4.69) is 15.9 Å². The van der Waals surface area contributed by atoms with Crippen molar-refractivity contribution in [2.45, 2.75) is 18.6 Å². The molecule has 1 fully saturated rings. The molecule has 0 spiro atoms. The van der Waals surface area contributed by atoms with Crippen molar-refractivity contribution in [3.63, 3.8) is 0 Å². The van der Waals surface area contributed by atoms with Gasteiger partial charge in [0.25, 0.3) is 0 Å². The Labute approximate surface area is 123 Å². The van der Waals surface area contributed by atoms with E-state index in [4.69, 9.17) is 14.2 Å². The summed E-state index contributed by atoms with van der Waals surface area (Å²) in [6.07, 6.45) is -1.17. The Morgan fingerprint density at radius 3 is 2.70 bits per heavy atom. The predicted octanol–water partition coefficient (Wildman–Crippen LogP) is 2.48. The van der Waals surface area contributed by atoms with Crippen LogP contribution in [0.2, 0.25) is 0 Å². The number of hydrogen-bond acceptors (Lipinski definition) is 4. The van der Waals surface area contributed by atoms with Gasteiger partial charge in [-0.3, -0.25) is 4.79 Å². The minimum atomic E-state index is -0.827. The van der Waals surface area contributed by atoms with Crippen LogP contribution in [0.1, 0.15) is 6.42 Å². The van der Waals surface area contributed by atoms with Crippen LogP contribution in [0.5, 0.6) is 5.75 Å². The van der Waals surface area contributed by atoms with Crippen LogP contribution in [-0.4, -0.2) is 38.3 Å². The summed E-state index contributed by atoms with van der Waals surface area (Å²) in [5.74, 6) is -1.76. The first-order valence-corrected chi connectivity index (χ1v) is 6.76. The average Bonchev–Trinajstić information content (AvgIpc) is 2.37. The van der Waals surface area contributed by atoms with Crippen molar-refractivity contribution in [1.82, 2.24) is 0 Å². The number of hydrogen-bond donors (Lipinski definition) is 0. The molecule has 1 aliphatic carbocycles. The van der Waals surface area contributed by atoms with E-state index in [0.717, 1.165) is 12.1 Å². The van der Waals surface area contributed by atoms with Crippen molar-refractivity contribution in [2.24, 2.45) is 0 Å². The number of carbonyl (C=O) groups is 1. The van der Waals surface area contributed by atoms with Crippen molar-refractivity contribution in [3.8, 4) is 5.75 Å². The van der Waals surface area contributed by atoms with Gasteiger partial charge in [-0.15, -0.1) is 0 Å². The molecule has 2 rings (SSSR count). The van der Waals surface area contributed by atoms with Gasteiger partial charge in [-0.2, -0.15) is 0 Å². The molecule has 1 aromatic rings. The molecule has 1 aromatic carbocycles. The molecule has 110 valence electrons. The SMILES string of the molecule is COCCOC1C(=O)CC1Oc1c(F)cc(F)cc1Br. The lowest BCUT2D eigenvalue weighted by Crippen LogP contribution is -2.52. The zero-order chi connectivity index (χ0) is 14.7. The van der Waals surface area contributed by atoms with Gasteiger partial charge in [0.1, 0.15) is 11.9 Å². The molecule has 4 nitrogen and oxygen atoms in total. The predicted molar refractivity (Wildman–Crippen MR) is 69.7 cm³/mol. The summed E-state index contributed by atoms with van der Waals surface area (Å²) in [5, 5.41) is 0. The number of ether oxygens (including phenoxy) is 3. The zero-order valence-corrected chi connectivity index (χ0v) is 12.3. The van der Waals surface area contributed by atoms with Crippen molar-refractivity contribution < 1.29 is 27.8 Å². The van der Waals surface area contributed by atoms with E-state index in [-0.39, 0.29) is 29.0 Å². The highest BCUT2D eigenvalue weighted by Crippen LogP contribution is 2.33. The van der Waals surface area contributed by atoms with Gasteiger partial charge in [0.15, 0.2) is 23.5 Å². The maximum atomic E-state index is 13.6. The van der Waals surface area contributed by atoms with Crippen molar-refractivity contribution in [3.05, 3.63) is 28.2 Å². The van der Waals surface area contributed by atoms with Crippen LogP contribution < -0.4 is 4.74 Å². The third-order valence-corrected chi connectivity index (χ3v) is 3.46. The molecule has 2 atom stereocenters. The van der Waals surface area contributed by atoms with Gasteiger partial charge in [-0.05, 0) is 22.0 Å². The van der Waals surface area contributed by atoms with Crippen LogP contribution >= 0.6 is 15.9 Å². The van der Waals surface area contributed by atoms with Gasteiger partial charge < -0.3 is 14.2 Å². The molecular weight excluding hydrogens is 338 g/mol. The fourth-order valence-electron chi connectivity index (χ4n) is 1.82. The van der Waals surface area contributed by atoms with Crippen molar-refractivity contribution in [2.75, 3.05) is 20.3 Å². The molecule has 0 bridgehead atoms. The van der Waals surface area contributed by atoms with Gasteiger partial charge >= 0.3 is 0 Å². The fourth-order valence-corrected chi connectivity index (χ4v) is 2.32. The Bertz CT molecular complexity index is 486. The highest BCUT2D eigenvalue weighted by molar-refractivity contribution is 9.10. The Morgan fingerprint density at radius 1 is 1.35 bits per heavy atom. The Kier molecular flexibility index (Phi) is 5.06. The molecule has 0 radical (unpaired) electrons. The number of methoxy groups -OCH3 is 1. The second-order valence-electron chi connectivity index (χ2n) is 4.31. The van der Waals surface area contributed by atoms with E-state index in [0.29, 0.717) is 6.61 Å². The molecule has 0 saturated heterocycles. The topological polar surface area (TPSA) is 44.8 Å². The molecule has 1 saturated carbocycles. The normalized spacial score (nSPS) is 21.7. The number of rotatable bonds is 6. The Morgan fingerprint density at radius 2 is 2.10 bits per heavy atom. The fraction of sp³-hybridized carbons (Fsp3) is 0.462. The number of carbonyl (C=O) groups excluding carboxylic acids is 1. The lowest BCUT2D eigenvalue weighted by Gasteiger charge is -2.34. The van der Waals surface area contributed by atoms with Gasteiger partial charge in [0, 0.05) is 19.6 Å². The lowest BCUT2D eigenvalue weighted by molar-refractivity contribution is -0.156. The molecular formula is C13H13BrF2O4. The second-order valence-corrected chi connectivity index (χ2v) is 5.16. The summed E-state index contributed by atoms with van der Waals surface area (Å²) in [6, 6.07) is 1.82. The van der Waals surface area contributed by atoms with Gasteiger partial charge in [-0.25, -0.2) is 8.78 Å². The van der Waals surface area contributed by atoms with E-state index in [1.807, 2.05) is 0 Å². The molecule has 0 aliphatic heterocycles. The lowest BCUT2D eigenvalue weighted by atomic mass is 9.90. The Hall–Kier alpha value is -1.05. The first kappa shape index (κ1) is 15.3. The molecule has 7 heteroatoms. The highest BCUT2D eigenvalue weighted by Gasteiger charge is 2.43. The van der Waals surface area contributed by atoms with Gasteiger partial charge in [0.2, 0.25) is 0 Å². The summed E-state index contributed by atoms with van der Waals surface area (Å²) in [5.41, 5.74) is 0. The molecule has 0 N–H and O–H groups in total. The quantitative estimate of drug-likeness (QED) is 0.739. The molecule has 2 unspecified atom stereocenters. The highest BCUT2D eigenvalue weighted by atomic mass is 79.9. The number of Topliss-reactive ketones (excluding diaryl/α,β-unsaturated/α-hetero) is 1. The summed E-state index contributed by atoms with van der Waals surface area (Å²) >= 11 is 3.03. The van der Waals surface area contributed by atoms with Crippen LogP contribution in [0.25, 0.3) is 0 Å². The minimum Gasteiger partial charge on any atom is -0.482 e. The maximum Gasteiger partial charge on any atom is 0.169 e. The van der Waals surface area contributed by atoms with Crippen LogP contribution in [0.4, 0.5) is 8.78 Å². The van der Waals surface area contributed by atoms with E-state index < -0.39 is 23.8 Å². The molecule has 0 heterocycles. The maximum absolute atomic E-state index is 13.6. The third-order valence-electron chi connectivity index (χ3n) is 2.87.